The minimum Gasteiger partial charge on any atom is -0.390 e. The van der Waals surface area contributed by atoms with Gasteiger partial charge in [-0.2, -0.15) is 0 Å². The fourth-order valence-electron chi connectivity index (χ4n) is 2.48. The lowest BCUT2D eigenvalue weighted by Gasteiger charge is -2.35. The number of aliphatic hydroxyl groups is 2. The van der Waals surface area contributed by atoms with E-state index in [1.165, 1.54) is 6.92 Å². The Balaban J connectivity index is 2.27. The van der Waals surface area contributed by atoms with Crippen LogP contribution in [0.15, 0.2) is 5.11 Å². The number of Topliss-reactive ketones (excluding diaryl/α,β-unsaturated/α-hetero) is 1. The van der Waals surface area contributed by atoms with Gasteiger partial charge >= 0.3 is 0 Å². The first-order chi connectivity index (χ1) is 7.56. The molecular formula is C9H13N3O4. The molecule has 0 aromatic rings. The van der Waals surface area contributed by atoms with Gasteiger partial charge in [-0.25, -0.2) is 0 Å². The molecular weight excluding hydrogens is 214 g/mol. The van der Waals surface area contributed by atoms with Gasteiger partial charge in [0.05, 0.1) is 30.5 Å². The van der Waals surface area contributed by atoms with Crippen LogP contribution in [-0.2, 0) is 9.53 Å². The van der Waals surface area contributed by atoms with E-state index in [2.05, 4.69) is 10.0 Å². The fourth-order valence-corrected chi connectivity index (χ4v) is 2.48. The number of carbonyl (C=O) groups is 1. The summed E-state index contributed by atoms with van der Waals surface area (Å²) in [5, 5.41) is 23.0. The minimum absolute atomic E-state index is 0.0830. The molecule has 2 aliphatic heterocycles. The van der Waals surface area contributed by atoms with Crippen molar-refractivity contribution in [1.82, 2.24) is 0 Å². The van der Waals surface area contributed by atoms with Gasteiger partial charge < -0.3 is 14.9 Å². The van der Waals surface area contributed by atoms with Gasteiger partial charge in [-0.3, -0.25) is 4.79 Å². The molecule has 88 valence electrons. The van der Waals surface area contributed by atoms with Crippen molar-refractivity contribution in [3.8, 4) is 0 Å². The van der Waals surface area contributed by atoms with Crippen LogP contribution in [0.3, 0.4) is 0 Å². The van der Waals surface area contributed by atoms with Crippen molar-refractivity contribution in [3.63, 3.8) is 0 Å². The molecule has 6 atom stereocenters. The molecule has 7 nitrogen and oxygen atoms in total. The molecule has 0 aromatic carbocycles. The largest absolute Gasteiger partial charge is 0.390 e. The first kappa shape index (κ1) is 11.3. The van der Waals surface area contributed by atoms with Crippen molar-refractivity contribution in [2.45, 2.75) is 43.8 Å². The first-order valence-electron chi connectivity index (χ1n) is 5.12. The number of ether oxygens (including phenoxy) is 1. The average Bonchev–Trinajstić information content (AvgIpc) is 2.64. The van der Waals surface area contributed by atoms with Crippen LogP contribution in [0.5, 0.6) is 0 Å². The summed E-state index contributed by atoms with van der Waals surface area (Å²) in [4.78, 5) is 13.9. The van der Waals surface area contributed by atoms with Crippen LogP contribution < -0.4 is 0 Å². The van der Waals surface area contributed by atoms with E-state index in [1.54, 1.807) is 0 Å². The highest BCUT2D eigenvalue weighted by Crippen LogP contribution is 2.39. The molecule has 2 bridgehead atoms. The van der Waals surface area contributed by atoms with E-state index in [0.29, 0.717) is 6.42 Å². The van der Waals surface area contributed by atoms with E-state index in [0.717, 1.165) is 0 Å². The Morgan fingerprint density at radius 1 is 1.50 bits per heavy atom. The molecule has 0 unspecified atom stereocenters. The molecule has 2 heterocycles. The standard InChI is InChI=1S/C9H13N3O4/c1-3(13)4-2-5-7(14)6(11-12-10)8(15)9(4)16-5/h4-9,14-15H,2H2,1H3/t4-,5-,6-,7-,8-,9+/m1/s1. The number of azide groups is 1. The highest BCUT2D eigenvalue weighted by atomic mass is 16.5. The third-order valence-electron chi connectivity index (χ3n) is 3.34. The molecule has 0 aliphatic carbocycles. The molecule has 16 heavy (non-hydrogen) atoms. The molecule has 0 amide bonds. The molecule has 2 saturated heterocycles. The zero-order valence-corrected chi connectivity index (χ0v) is 8.72. The summed E-state index contributed by atoms with van der Waals surface area (Å²) in [7, 11) is 0. The van der Waals surface area contributed by atoms with Gasteiger partial charge in [0.1, 0.15) is 5.78 Å². The van der Waals surface area contributed by atoms with E-state index >= 15 is 0 Å². The quantitative estimate of drug-likeness (QED) is 0.385. The molecule has 2 fully saturated rings. The van der Waals surface area contributed by atoms with Gasteiger partial charge in [0.2, 0.25) is 0 Å². The van der Waals surface area contributed by atoms with E-state index in [-0.39, 0.29) is 5.78 Å². The van der Waals surface area contributed by atoms with Gasteiger partial charge in [0, 0.05) is 10.8 Å². The lowest BCUT2D eigenvalue weighted by molar-refractivity contribution is -0.152. The van der Waals surface area contributed by atoms with Crippen molar-refractivity contribution in [3.05, 3.63) is 10.4 Å². The number of aliphatic hydroxyl groups excluding tert-OH is 2. The average molecular weight is 227 g/mol. The lowest BCUT2D eigenvalue weighted by atomic mass is 9.93. The highest BCUT2D eigenvalue weighted by molar-refractivity contribution is 5.79. The van der Waals surface area contributed by atoms with Gasteiger partial charge in [0.25, 0.3) is 0 Å². The van der Waals surface area contributed by atoms with Crippen molar-refractivity contribution < 1.29 is 19.7 Å². The first-order valence-corrected chi connectivity index (χ1v) is 5.12. The van der Waals surface area contributed by atoms with E-state index in [4.69, 9.17) is 10.3 Å². The smallest absolute Gasteiger partial charge is 0.135 e. The Labute approximate surface area is 91.6 Å². The summed E-state index contributed by atoms with van der Waals surface area (Å²) in [6.07, 6.45) is -3.00. The molecule has 2 rings (SSSR count). The SMILES string of the molecule is CC(=O)[C@H]1C[C@H]2O[C@@H]1[C@H](O)[C@H](N=[N+]=[N-])[C@@H]2O. The number of hydrogen-bond donors (Lipinski definition) is 2. The number of nitrogens with zero attached hydrogens (tertiary/aromatic N) is 3. The summed E-state index contributed by atoms with van der Waals surface area (Å²) < 4.78 is 5.37. The number of rotatable bonds is 2. The van der Waals surface area contributed by atoms with Crippen LogP contribution in [0, 0.1) is 5.92 Å². The summed E-state index contributed by atoms with van der Waals surface area (Å²) in [6.45, 7) is 1.43. The molecule has 0 aromatic heterocycles. The Bertz CT molecular complexity index is 355. The maximum absolute atomic E-state index is 11.3. The van der Waals surface area contributed by atoms with E-state index in [9.17, 15) is 15.0 Å². The number of ketones is 1. The van der Waals surface area contributed by atoms with Crippen molar-refractivity contribution in [2.75, 3.05) is 0 Å². The Morgan fingerprint density at radius 2 is 2.19 bits per heavy atom. The van der Waals surface area contributed by atoms with Crippen LogP contribution in [0.1, 0.15) is 13.3 Å². The van der Waals surface area contributed by atoms with Gasteiger partial charge in [-0.1, -0.05) is 5.11 Å². The predicted molar refractivity (Wildman–Crippen MR) is 52.4 cm³/mol. The summed E-state index contributed by atoms with van der Waals surface area (Å²) >= 11 is 0. The van der Waals surface area contributed by atoms with Crippen molar-refractivity contribution >= 4 is 5.78 Å². The van der Waals surface area contributed by atoms with Crippen LogP contribution in [0.25, 0.3) is 10.4 Å². The normalized spacial score (nSPS) is 46.2. The summed E-state index contributed by atoms with van der Waals surface area (Å²) in [5.74, 6) is -0.506. The van der Waals surface area contributed by atoms with Crippen LogP contribution in [0.2, 0.25) is 0 Å². The Morgan fingerprint density at radius 3 is 2.75 bits per heavy atom. The van der Waals surface area contributed by atoms with Crippen molar-refractivity contribution in [2.24, 2.45) is 11.0 Å². The minimum atomic E-state index is -1.13. The molecule has 2 aliphatic rings. The number of fused-ring (bicyclic) bond motifs is 2. The molecule has 0 saturated carbocycles. The van der Waals surface area contributed by atoms with Gasteiger partial charge in [-0.05, 0) is 18.9 Å². The fraction of sp³-hybridized carbons (Fsp3) is 0.889. The van der Waals surface area contributed by atoms with Crippen LogP contribution in [-0.4, -0.2) is 46.5 Å². The highest BCUT2D eigenvalue weighted by Gasteiger charge is 2.53. The van der Waals surface area contributed by atoms with Crippen LogP contribution in [0.4, 0.5) is 0 Å². The maximum Gasteiger partial charge on any atom is 0.135 e. The third kappa shape index (κ3) is 1.58. The number of carbonyl (C=O) groups excluding carboxylic acids is 1. The zero-order valence-electron chi connectivity index (χ0n) is 8.72. The second kappa shape index (κ2) is 4.03. The van der Waals surface area contributed by atoms with Crippen molar-refractivity contribution in [1.29, 1.82) is 0 Å². The summed E-state index contributed by atoms with van der Waals surface area (Å²) in [5.41, 5.74) is 8.35. The molecule has 7 heteroatoms. The molecule has 0 radical (unpaired) electrons. The topological polar surface area (TPSA) is 116 Å². The summed E-state index contributed by atoms with van der Waals surface area (Å²) in [6, 6.07) is -0.932. The van der Waals surface area contributed by atoms with Crippen LogP contribution >= 0.6 is 0 Å². The van der Waals surface area contributed by atoms with Gasteiger partial charge in [0.15, 0.2) is 0 Å². The van der Waals surface area contributed by atoms with E-state index < -0.39 is 36.4 Å². The third-order valence-corrected chi connectivity index (χ3v) is 3.34. The Hall–Kier alpha value is -1.14. The number of hydrogen-bond acceptors (Lipinski definition) is 5. The monoisotopic (exact) mass is 227 g/mol. The second-order valence-electron chi connectivity index (χ2n) is 4.27. The van der Waals surface area contributed by atoms with E-state index in [1.807, 2.05) is 0 Å². The molecule has 2 N–H and O–H groups in total. The molecule has 0 spiro atoms. The maximum atomic E-state index is 11.3. The second-order valence-corrected chi connectivity index (χ2v) is 4.27. The Kier molecular flexibility index (Phi) is 2.86. The predicted octanol–water partition coefficient (Wildman–Crippen LogP) is -0.237. The zero-order chi connectivity index (χ0) is 11.9. The van der Waals surface area contributed by atoms with Gasteiger partial charge in [-0.15, -0.1) is 0 Å². The lowest BCUT2D eigenvalue weighted by Crippen LogP contribution is -2.53.